The molecule has 1 N–H and O–H groups in total. The zero-order valence-corrected chi connectivity index (χ0v) is 13.4. The molecule has 0 atom stereocenters. The van der Waals surface area contributed by atoms with Crippen molar-refractivity contribution in [3.05, 3.63) is 29.6 Å². The van der Waals surface area contributed by atoms with Gasteiger partial charge in [0.15, 0.2) is 0 Å². The summed E-state index contributed by atoms with van der Waals surface area (Å²) in [5, 5.41) is 3.35. The first-order valence-corrected chi connectivity index (χ1v) is 7.82. The molecule has 0 heterocycles. The van der Waals surface area contributed by atoms with Crippen molar-refractivity contribution in [3.8, 4) is 0 Å². The van der Waals surface area contributed by atoms with Gasteiger partial charge in [-0.3, -0.25) is 0 Å². The molecule has 0 aromatic heterocycles. The molecule has 1 rings (SSSR count). The van der Waals surface area contributed by atoms with Crippen LogP contribution in [0.5, 0.6) is 0 Å². The lowest BCUT2D eigenvalue weighted by Crippen LogP contribution is -2.25. The normalized spacial score (nSPS) is 11.1. The summed E-state index contributed by atoms with van der Waals surface area (Å²) in [6, 6.07) is 5.61. The van der Waals surface area contributed by atoms with Gasteiger partial charge in [0.25, 0.3) is 0 Å². The van der Waals surface area contributed by atoms with Crippen LogP contribution >= 0.6 is 0 Å². The van der Waals surface area contributed by atoms with Gasteiger partial charge in [-0.15, -0.1) is 0 Å². The van der Waals surface area contributed by atoms with Crippen LogP contribution < -0.4 is 10.2 Å². The van der Waals surface area contributed by atoms with Crippen LogP contribution in [-0.2, 0) is 6.54 Å². The molecule has 20 heavy (non-hydrogen) atoms. The Morgan fingerprint density at radius 1 is 1.25 bits per heavy atom. The smallest absolute Gasteiger partial charge is 0.146 e. The van der Waals surface area contributed by atoms with Crippen molar-refractivity contribution < 1.29 is 4.39 Å². The minimum absolute atomic E-state index is 0.105. The van der Waals surface area contributed by atoms with Gasteiger partial charge in [0.2, 0.25) is 0 Å². The number of anilines is 1. The highest BCUT2D eigenvalue weighted by Crippen LogP contribution is 2.21. The van der Waals surface area contributed by atoms with Crippen LogP contribution in [0.25, 0.3) is 0 Å². The van der Waals surface area contributed by atoms with Gasteiger partial charge >= 0.3 is 0 Å². The van der Waals surface area contributed by atoms with E-state index in [4.69, 9.17) is 0 Å². The number of nitrogens with one attached hydrogen (secondary N) is 1. The molecule has 0 aliphatic carbocycles. The molecule has 0 amide bonds. The van der Waals surface area contributed by atoms with Crippen LogP contribution in [0.4, 0.5) is 10.1 Å². The summed E-state index contributed by atoms with van der Waals surface area (Å²) >= 11 is 0. The number of hydrogen-bond donors (Lipinski definition) is 1. The number of nitrogens with zero attached hydrogens (tertiary/aromatic N) is 1. The van der Waals surface area contributed by atoms with Crippen molar-refractivity contribution in [1.82, 2.24) is 5.32 Å². The molecular weight excluding hydrogens is 251 g/mol. The lowest BCUT2D eigenvalue weighted by atomic mass is 10.1. The Morgan fingerprint density at radius 3 is 2.55 bits per heavy atom. The Kier molecular flexibility index (Phi) is 7.60. The number of benzene rings is 1. The van der Waals surface area contributed by atoms with E-state index in [1.54, 1.807) is 6.07 Å². The predicted octanol–water partition coefficient (Wildman–Crippen LogP) is 4.20. The summed E-state index contributed by atoms with van der Waals surface area (Å²) in [7, 11) is 0. The van der Waals surface area contributed by atoms with Gasteiger partial charge in [-0.05, 0) is 43.5 Å². The van der Waals surface area contributed by atoms with Crippen LogP contribution in [-0.4, -0.2) is 19.6 Å². The third-order valence-corrected chi connectivity index (χ3v) is 3.40. The van der Waals surface area contributed by atoms with E-state index >= 15 is 0 Å². The first kappa shape index (κ1) is 17.0. The van der Waals surface area contributed by atoms with Gasteiger partial charge in [0.1, 0.15) is 5.82 Å². The minimum Gasteiger partial charge on any atom is -0.369 e. The van der Waals surface area contributed by atoms with Crippen molar-refractivity contribution in [3.63, 3.8) is 0 Å². The lowest BCUT2D eigenvalue weighted by Gasteiger charge is -2.23. The molecule has 2 nitrogen and oxygen atoms in total. The fraction of sp³-hybridized carbons (Fsp3) is 0.647. The first-order valence-electron chi connectivity index (χ1n) is 7.82. The summed E-state index contributed by atoms with van der Waals surface area (Å²) in [6.45, 7) is 12.0. The summed E-state index contributed by atoms with van der Waals surface area (Å²) in [5.74, 6) is 0.510. The minimum atomic E-state index is -0.105. The average molecular weight is 280 g/mol. The molecule has 0 radical (unpaired) electrons. The maximum Gasteiger partial charge on any atom is 0.146 e. The molecule has 0 saturated carbocycles. The van der Waals surface area contributed by atoms with E-state index in [1.807, 2.05) is 12.1 Å². The molecule has 3 heteroatoms. The Balaban J connectivity index is 2.66. The van der Waals surface area contributed by atoms with Crippen molar-refractivity contribution in [2.45, 2.75) is 47.1 Å². The molecular formula is C17H29FN2. The lowest BCUT2D eigenvalue weighted by molar-refractivity contribution is 0.549. The molecule has 1 aromatic carbocycles. The number of rotatable bonds is 9. The van der Waals surface area contributed by atoms with E-state index < -0.39 is 0 Å². The fourth-order valence-electron chi connectivity index (χ4n) is 2.22. The summed E-state index contributed by atoms with van der Waals surface area (Å²) in [4.78, 5) is 2.12. The molecule has 0 spiro atoms. The number of unbranched alkanes of at least 4 members (excludes halogenated alkanes) is 1. The summed E-state index contributed by atoms with van der Waals surface area (Å²) < 4.78 is 14.2. The largest absolute Gasteiger partial charge is 0.369 e. The predicted molar refractivity (Wildman–Crippen MR) is 85.7 cm³/mol. The number of hydrogen-bond acceptors (Lipinski definition) is 2. The van der Waals surface area contributed by atoms with E-state index in [-0.39, 0.29) is 5.82 Å². The highest BCUT2D eigenvalue weighted by Gasteiger charge is 2.10. The quantitative estimate of drug-likeness (QED) is 0.729. The Bertz CT molecular complexity index is 391. The Morgan fingerprint density at radius 2 is 2.00 bits per heavy atom. The van der Waals surface area contributed by atoms with E-state index in [2.05, 4.69) is 37.9 Å². The van der Waals surface area contributed by atoms with Crippen LogP contribution in [0, 0.1) is 11.7 Å². The SMILES string of the molecule is CCCCN(CC)c1ccc(CNCC(C)C)cc1F. The molecule has 1 aromatic rings. The Labute approximate surface area is 123 Å². The zero-order chi connectivity index (χ0) is 15.0. The number of halogens is 1. The van der Waals surface area contributed by atoms with Gasteiger partial charge in [0, 0.05) is 19.6 Å². The van der Waals surface area contributed by atoms with Crippen LogP contribution in [0.15, 0.2) is 18.2 Å². The second kappa shape index (κ2) is 8.96. The van der Waals surface area contributed by atoms with Crippen LogP contribution in [0.3, 0.4) is 0 Å². The maximum absolute atomic E-state index is 14.2. The molecule has 0 aliphatic rings. The van der Waals surface area contributed by atoms with Gasteiger partial charge in [-0.1, -0.05) is 33.3 Å². The fourth-order valence-corrected chi connectivity index (χ4v) is 2.22. The van der Waals surface area contributed by atoms with Crippen LogP contribution in [0.2, 0.25) is 0 Å². The third-order valence-electron chi connectivity index (χ3n) is 3.40. The molecule has 0 aliphatic heterocycles. The zero-order valence-electron chi connectivity index (χ0n) is 13.4. The monoisotopic (exact) mass is 280 g/mol. The van der Waals surface area contributed by atoms with Crippen molar-refractivity contribution in [2.24, 2.45) is 5.92 Å². The topological polar surface area (TPSA) is 15.3 Å². The van der Waals surface area contributed by atoms with E-state index in [1.165, 1.54) is 0 Å². The van der Waals surface area contributed by atoms with Gasteiger partial charge < -0.3 is 10.2 Å². The molecule has 0 fully saturated rings. The van der Waals surface area contributed by atoms with Gasteiger partial charge in [-0.25, -0.2) is 4.39 Å². The van der Waals surface area contributed by atoms with Crippen molar-refractivity contribution in [2.75, 3.05) is 24.5 Å². The van der Waals surface area contributed by atoms with Crippen molar-refractivity contribution in [1.29, 1.82) is 0 Å². The van der Waals surface area contributed by atoms with E-state index in [9.17, 15) is 4.39 Å². The maximum atomic E-state index is 14.2. The van der Waals surface area contributed by atoms with E-state index in [0.29, 0.717) is 5.92 Å². The second-order valence-electron chi connectivity index (χ2n) is 5.74. The standard InChI is InChI=1S/C17H29FN2/c1-5-7-10-20(6-2)17-9-8-15(11-16(17)18)13-19-12-14(3)4/h8-9,11,14,19H,5-7,10,12-13H2,1-4H3. The Hall–Kier alpha value is -1.09. The second-order valence-corrected chi connectivity index (χ2v) is 5.74. The van der Waals surface area contributed by atoms with Gasteiger partial charge in [0.05, 0.1) is 5.69 Å². The summed E-state index contributed by atoms with van der Waals surface area (Å²) in [5.41, 5.74) is 1.74. The highest BCUT2D eigenvalue weighted by atomic mass is 19.1. The third kappa shape index (κ3) is 5.49. The van der Waals surface area contributed by atoms with Crippen LogP contribution in [0.1, 0.15) is 46.1 Å². The van der Waals surface area contributed by atoms with Gasteiger partial charge in [-0.2, -0.15) is 0 Å². The highest BCUT2D eigenvalue weighted by molar-refractivity contribution is 5.49. The summed E-state index contributed by atoms with van der Waals surface area (Å²) in [6.07, 6.45) is 2.24. The molecule has 0 unspecified atom stereocenters. The van der Waals surface area contributed by atoms with Crippen molar-refractivity contribution >= 4 is 5.69 Å². The molecule has 0 bridgehead atoms. The van der Waals surface area contributed by atoms with E-state index in [0.717, 1.165) is 50.3 Å². The first-order chi connectivity index (χ1) is 9.58. The molecule has 114 valence electrons. The molecule has 0 saturated heterocycles. The average Bonchev–Trinajstić information content (AvgIpc) is 2.41.